The molecule has 0 aliphatic carbocycles. The van der Waals surface area contributed by atoms with E-state index in [-0.39, 0.29) is 5.75 Å². The second-order valence-electron chi connectivity index (χ2n) is 3.94. The third kappa shape index (κ3) is 2.15. The molecular formula is C11H12BrNO2S. The van der Waals surface area contributed by atoms with Crippen LogP contribution >= 0.6 is 15.9 Å². The minimum Gasteiger partial charge on any atom is -0.346 e. The van der Waals surface area contributed by atoms with Crippen LogP contribution in [0.15, 0.2) is 28.7 Å². The molecule has 1 aromatic carbocycles. The van der Waals surface area contributed by atoms with Gasteiger partial charge in [-0.25, -0.2) is 8.42 Å². The normalized spacial score (nSPS) is 12.2. The summed E-state index contributed by atoms with van der Waals surface area (Å²) in [6.45, 7) is 0. The van der Waals surface area contributed by atoms with Gasteiger partial charge in [0.1, 0.15) is 0 Å². The van der Waals surface area contributed by atoms with Crippen molar-refractivity contribution in [3.05, 3.63) is 34.4 Å². The van der Waals surface area contributed by atoms with Crippen molar-refractivity contribution in [2.45, 2.75) is 5.75 Å². The number of sulfone groups is 1. The van der Waals surface area contributed by atoms with Crippen LogP contribution in [0.25, 0.3) is 10.9 Å². The number of hydrogen-bond donors (Lipinski definition) is 0. The van der Waals surface area contributed by atoms with E-state index in [1.165, 1.54) is 6.26 Å². The maximum Gasteiger partial charge on any atom is 0.153 e. The van der Waals surface area contributed by atoms with Gasteiger partial charge >= 0.3 is 0 Å². The summed E-state index contributed by atoms with van der Waals surface area (Å²) >= 11 is 3.47. The monoisotopic (exact) mass is 301 g/mol. The molecule has 0 amide bonds. The van der Waals surface area contributed by atoms with Crippen molar-refractivity contribution in [1.29, 1.82) is 0 Å². The first-order valence-electron chi connectivity index (χ1n) is 4.79. The summed E-state index contributed by atoms with van der Waals surface area (Å²) in [6, 6.07) is 7.79. The van der Waals surface area contributed by atoms with Crippen LogP contribution in [0.2, 0.25) is 0 Å². The third-order valence-electron chi connectivity index (χ3n) is 2.52. The van der Waals surface area contributed by atoms with Gasteiger partial charge in [-0.05, 0) is 28.1 Å². The number of rotatable bonds is 2. The zero-order valence-electron chi connectivity index (χ0n) is 9.07. The highest BCUT2D eigenvalue weighted by atomic mass is 79.9. The van der Waals surface area contributed by atoms with Gasteiger partial charge in [-0.1, -0.05) is 12.1 Å². The van der Waals surface area contributed by atoms with E-state index < -0.39 is 9.84 Å². The molecule has 0 aliphatic rings. The summed E-state index contributed by atoms with van der Waals surface area (Å²) in [4.78, 5) is 0. The molecule has 0 saturated carbocycles. The number of aromatic nitrogens is 1. The van der Waals surface area contributed by atoms with Gasteiger partial charge < -0.3 is 4.57 Å². The van der Waals surface area contributed by atoms with Crippen molar-refractivity contribution < 1.29 is 8.42 Å². The Morgan fingerprint density at radius 3 is 2.62 bits per heavy atom. The van der Waals surface area contributed by atoms with Gasteiger partial charge in [-0.15, -0.1) is 0 Å². The summed E-state index contributed by atoms with van der Waals surface area (Å²) in [7, 11) is -1.11. The van der Waals surface area contributed by atoms with Gasteiger partial charge in [0, 0.05) is 28.9 Å². The van der Waals surface area contributed by atoms with E-state index in [0.717, 1.165) is 21.1 Å². The van der Waals surface area contributed by atoms with Crippen LogP contribution in [0.1, 0.15) is 5.69 Å². The van der Waals surface area contributed by atoms with Crippen molar-refractivity contribution in [3.63, 3.8) is 0 Å². The average molecular weight is 302 g/mol. The van der Waals surface area contributed by atoms with Crippen LogP contribution in [-0.2, 0) is 22.6 Å². The molecule has 3 nitrogen and oxygen atoms in total. The average Bonchev–Trinajstić information content (AvgIpc) is 2.42. The van der Waals surface area contributed by atoms with Crippen LogP contribution in [0.5, 0.6) is 0 Å². The lowest BCUT2D eigenvalue weighted by Gasteiger charge is -2.03. The first-order chi connectivity index (χ1) is 7.38. The zero-order valence-corrected chi connectivity index (χ0v) is 11.5. The van der Waals surface area contributed by atoms with E-state index in [2.05, 4.69) is 15.9 Å². The van der Waals surface area contributed by atoms with Gasteiger partial charge in [0.2, 0.25) is 0 Å². The largest absolute Gasteiger partial charge is 0.346 e. The maximum absolute atomic E-state index is 11.3. The standard InChI is InChI=1S/C11H12BrNO2S/c1-13-9(7-16(2,14)15)6-8-4-3-5-10(12)11(8)13/h3-6H,7H2,1-2H3. The summed E-state index contributed by atoms with van der Waals surface area (Å²) in [6.07, 6.45) is 1.25. The third-order valence-corrected chi connectivity index (χ3v) is 3.98. The lowest BCUT2D eigenvalue weighted by Crippen LogP contribution is -2.05. The lowest BCUT2D eigenvalue weighted by molar-refractivity contribution is 0.599. The molecular weight excluding hydrogens is 290 g/mol. The van der Waals surface area contributed by atoms with Crippen molar-refractivity contribution in [2.24, 2.45) is 7.05 Å². The topological polar surface area (TPSA) is 39.1 Å². The lowest BCUT2D eigenvalue weighted by atomic mass is 10.2. The fourth-order valence-electron chi connectivity index (χ4n) is 1.83. The minimum absolute atomic E-state index is 0.0740. The maximum atomic E-state index is 11.3. The van der Waals surface area contributed by atoms with Crippen molar-refractivity contribution in [2.75, 3.05) is 6.26 Å². The Morgan fingerprint density at radius 1 is 1.38 bits per heavy atom. The fraction of sp³-hybridized carbons (Fsp3) is 0.273. The molecule has 1 aromatic heterocycles. The number of benzene rings is 1. The van der Waals surface area contributed by atoms with Crippen LogP contribution < -0.4 is 0 Å². The second kappa shape index (κ2) is 3.89. The first kappa shape index (κ1) is 11.7. The fourth-order valence-corrected chi connectivity index (χ4v) is 3.29. The van der Waals surface area contributed by atoms with E-state index in [4.69, 9.17) is 0 Å². The highest BCUT2D eigenvalue weighted by Crippen LogP contribution is 2.27. The molecule has 5 heteroatoms. The minimum atomic E-state index is -3.00. The Hall–Kier alpha value is -0.810. The van der Waals surface area contributed by atoms with Crippen molar-refractivity contribution >= 4 is 36.7 Å². The van der Waals surface area contributed by atoms with E-state index in [0.29, 0.717) is 0 Å². The SMILES string of the molecule is Cn1c(CS(C)(=O)=O)cc2cccc(Br)c21. The van der Waals surface area contributed by atoms with Gasteiger partial charge in [-0.2, -0.15) is 0 Å². The van der Waals surface area contributed by atoms with Gasteiger partial charge in [0.05, 0.1) is 11.3 Å². The van der Waals surface area contributed by atoms with E-state index >= 15 is 0 Å². The highest BCUT2D eigenvalue weighted by molar-refractivity contribution is 9.10. The molecule has 0 aliphatic heterocycles. The van der Waals surface area contributed by atoms with E-state index in [1.54, 1.807) is 0 Å². The summed E-state index contributed by atoms with van der Waals surface area (Å²) in [5, 5.41) is 1.05. The van der Waals surface area contributed by atoms with Gasteiger partial charge in [0.15, 0.2) is 9.84 Å². The Balaban J connectivity index is 2.66. The molecule has 0 spiro atoms. The summed E-state index contributed by atoms with van der Waals surface area (Å²) < 4.78 is 25.5. The molecule has 0 bridgehead atoms. The number of nitrogens with zero attached hydrogens (tertiary/aromatic N) is 1. The first-order valence-corrected chi connectivity index (χ1v) is 7.64. The molecule has 2 aromatic rings. The molecule has 2 rings (SSSR count). The van der Waals surface area contributed by atoms with Crippen LogP contribution in [0.4, 0.5) is 0 Å². The molecule has 0 unspecified atom stereocenters. The molecule has 0 radical (unpaired) electrons. The highest BCUT2D eigenvalue weighted by Gasteiger charge is 2.12. The predicted octanol–water partition coefficient (Wildman–Crippen LogP) is 2.49. The number of aryl methyl sites for hydroxylation is 1. The summed E-state index contributed by atoms with van der Waals surface area (Å²) in [5.41, 5.74) is 1.84. The summed E-state index contributed by atoms with van der Waals surface area (Å²) in [5.74, 6) is 0.0740. The molecule has 16 heavy (non-hydrogen) atoms. The van der Waals surface area contributed by atoms with Crippen LogP contribution in [0, 0.1) is 0 Å². The Morgan fingerprint density at radius 2 is 2.06 bits per heavy atom. The number of halogens is 1. The van der Waals surface area contributed by atoms with Gasteiger partial charge in [0.25, 0.3) is 0 Å². The Bertz CT molecular complexity index is 643. The molecule has 0 saturated heterocycles. The quantitative estimate of drug-likeness (QED) is 0.855. The Labute approximate surface area is 103 Å². The second-order valence-corrected chi connectivity index (χ2v) is 6.94. The Kier molecular flexibility index (Phi) is 2.84. The van der Waals surface area contributed by atoms with Crippen LogP contribution in [-0.4, -0.2) is 19.2 Å². The zero-order chi connectivity index (χ0) is 11.9. The number of fused-ring (bicyclic) bond motifs is 1. The predicted molar refractivity (Wildman–Crippen MR) is 69.2 cm³/mol. The van der Waals surface area contributed by atoms with E-state index in [1.807, 2.05) is 35.9 Å². The molecule has 0 fully saturated rings. The van der Waals surface area contributed by atoms with Crippen molar-refractivity contribution in [3.8, 4) is 0 Å². The van der Waals surface area contributed by atoms with Gasteiger partial charge in [-0.3, -0.25) is 0 Å². The smallest absolute Gasteiger partial charge is 0.153 e. The number of para-hydroxylation sites is 1. The molecule has 86 valence electrons. The molecule has 1 heterocycles. The molecule has 0 atom stereocenters. The number of hydrogen-bond acceptors (Lipinski definition) is 2. The molecule has 0 N–H and O–H groups in total. The van der Waals surface area contributed by atoms with Crippen LogP contribution in [0.3, 0.4) is 0 Å². The van der Waals surface area contributed by atoms with Crippen molar-refractivity contribution in [1.82, 2.24) is 4.57 Å². The van der Waals surface area contributed by atoms with E-state index in [9.17, 15) is 8.42 Å².